The molecular formula is C76H103N21O23S2. The standard InChI is InChI=1S/C76H103N21O23S2/c1-36(85-64(107)37(2)87-70(113)52(26-41-15-17-44(99)18-16-41)92-66(109)46(77)28-43-32-81-35-84-43)63(106)86-38(3)65(108)89-48(19-21-57(78)100)68(111)94-53(27-42-31-82-47-14-10-9-13-45(42)47)71(114)95-55(30-61(104)105)72(115)93-51(25-40-11-7-6-8-12-40)67(110)83-33-60(103)88-54(29-59(80)102)73(116)97-62(39(4)98)75(118)90-49(23-24-122-5)69(112)96-56(34-121)74(117)91-50(76(119)120)20-22-58(79)101/h6-18,31-32,35-39,46,48-56,62,82,98-99,121H,19-30,33-34,77H2,1-5H3,(H2,78,100)(H2,79,101)(H2,80,102)(H,81,84)(H,83,110)(H,85,107)(H,86,106)(H,87,113)(H,88,103)(H,89,108)(H,90,118)(H,91,117)(H,92,109)(H,93,115)(H,94,111)(H,95,114)(H,96,112)(H,97,116)(H,104,105)(H,119,120)/t36-,37-,38-,39+,46-,48-,49-,50-,51-,52-,53-,54-,55-,56-,62-/m0/s1. The van der Waals surface area contributed by atoms with Gasteiger partial charge in [-0.3, -0.25) is 86.3 Å². The van der Waals surface area contributed by atoms with Gasteiger partial charge in [-0.2, -0.15) is 24.4 Å². The average Bonchev–Trinajstić information content (AvgIpc) is 1.67. The van der Waals surface area contributed by atoms with E-state index in [1.807, 2.05) is 0 Å². The molecule has 0 aliphatic heterocycles. The lowest BCUT2D eigenvalue weighted by atomic mass is 10.0. The molecule has 0 saturated carbocycles. The Morgan fingerprint density at radius 1 is 0.459 bits per heavy atom. The van der Waals surface area contributed by atoms with Crippen molar-refractivity contribution < 1.29 is 112 Å². The highest BCUT2D eigenvalue weighted by Gasteiger charge is 2.39. The SMILES string of the molecule is CSCC[C@H](NC(=O)[C@@H](NC(=O)[C@H](CC(N)=O)NC(=O)CNC(=O)[C@H](Cc1ccccc1)NC(=O)[C@H](CC(=O)O)NC(=O)[C@H](Cc1c[nH]c2ccccc12)NC(=O)[C@H](CCC(N)=O)NC(=O)[C@H](C)NC(=O)[C@H](C)NC(=O)[C@H](C)NC(=O)[C@H](Cc1ccc(O)cc1)NC(=O)[C@@H](N)Cc1cnc[nH]1)[C@@H](C)O)C(=O)N[C@@H](CS)C(=O)N[C@@H](CCC(N)=O)C(=O)O. The number of nitrogens with zero attached hydrogens (tertiary/aromatic N) is 1. The molecule has 5 aromatic rings. The number of aliphatic hydroxyl groups excluding tert-OH is 1. The van der Waals surface area contributed by atoms with E-state index >= 15 is 0 Å². The Morgan fingerprint density at radius 2 is 0.910 bits per heavy atom. The second-order valence-electron chi connectivity index (χ2n) is 28.3. The number of benzene rings is 3. The number of fused-ring (bicyclic) bond motifs is 1. The summed E-state index contributed by atoms with van der Waals surface area (Å²) in [5.41, 5.74) is 24.5. The van der Waals surface area contributed by atoms with E-state index in [0.29, 0.717) is 33.3 Å². The number of thioether (sulfide) groups is 1. The first-order valence-electron chi connectivity index (χ1n) is 38.1. The molecule has 17 amide bonds. The molecule has 28 N–H and O–H groups in total. The molecule has 3 aromatic carbocycles. The Kier molecular flexibility index (Phi) is 40.2. The third kappa shape index (κ3) is 33.5. The zero-order valence-corrected chi connectivity index (χ0v) is 68.7. The molecule has 0 aliphatic rings. The van der Waals surface area contributed by atoms with E-state index in [0.717, 1.165) is 6.92 Å². The van der Waals surface area contributed by atoms with Gasteiger partial charge in [-0.25, -0.2) is 9.78 Å². The first kappa shape index (κ1) is 99.3. The third-order valence-corrected chi connectivity index (χ3v) is 19.5. The van der Waals surface area contributed by atoms with Gasteiger partial charge in [0.1, 0.15) is 84.3 Å². The van der Waals surface area contributed by atoms with Crippen molar-refractivity contribution in [2.45, 2.75) is 189 Å². The van der Waals surface area contributed by atoms with Crippen LogP contribution in [0.2, 0.25) is 0 Å². The number of rotatable bonds is 52. The maximum absolute atomic E-state index is 14.8. The Bertz CT molecular complexity index is 4540. The molecule has 2 heterocycles. The van der Waals surface area contributed by atoms with Crippen LogP contribution in [-0.2, 0) is 117 Å². The van der Waals surface area contributed by atoms with Gasteiger partial charge >= 0.3 is 11.9 Å². The number of aromatic hydroxyl groups is 1. The van der Waals surface area contributed by atoms with Crippen molar-refractivity contribution in [2.24, 2.45) is 22.9 Å². The van der Waals surface area contributed by atoms with Crippen LogP contribution in [0.25, 0.3) is 10.9 Å². The number of imidazole rings is 1. The normalized spacial score (nSPS) is 14.7. The van der Waals surface area contributed by atoms with E-state index in [1.165, 1.54) is 87.7 Å². The summed E-state index contributed by atoms with van der Waals surface area (Å²) in [5.74, 6) is -21.6. The molecule has 15 atom stereocenters. The molecule has 662 valence electrons. The number of aromatic amines is 2. The van der Waals surface area contributed by atoms with Crippen LogP contribution >= 0.6 is 24.4 Å². The highest BCUT2D eigenvalue weighted by molar-refractivity contribution is 7.98. The number of aliphatic hydroxyl groups is 1. The van der Waals surface area contributed by atoms with E-state index in [9.17, 15) is 112 Å². The highest BCUT2D eigenvalue weighted by Crippen LogP contribution is 2.21. The summed E-state index contributed by atoms with van der Waals surface area (Å²) in [6.45, 7) is 3.72. The number of aromatic nitrogens is 3. The molecule has 0 fully saturated rings. The summed E-state index contributed by atoms with van der Waals surface area (Å²) in [6, 6.07) is -2.46. The van der Waals surface area contributed by atoms with Crippen LogP contribution in [-0.4, -0.2) is 263 Å². The molecule has 5 rings (SSSR count). The number of phenolic OH excluding ortho intramolecular Hbond substituents is 1. The summed E-state index contributed by atoms with van der Waals surface area (Å²) < 4.78 is 0. The number of para-hydroxylation sites is 1. The number of primary amides is 3. The Hall–Kier alpha value is -13.2. The summed E-state index contributed by atoms with van der Waals surface area (Å²) in [6.07, 6.45) is -0.888. The lowest BCUT2D eigenvalue weighted by Crippen LogP contribution is -2.61. The van der Waals surface area contributed by atoms with E-state index < -0.39 is 267 Å². The zero-order valence-electron chi connectivity index (χ0n) is 67.0. The summed E-state index contributed by atoms with van der Waals surface area (Å²) in [7, 11) is 0. The van der Waals surface area contributed by atoms with Gasteiger partial charge < -0.3 is 128 Å². The minimum Gasteiger partial charge on any atom is -0.508 e. The van der Waals surface area contributed by atoms with Crippen LogP contribution in [0.5, 0.6) is 5.75 Å². The number of H-pyrrole nitrogens is 2. The molecule has 122 heavy (non-hydrogen) atoms. The zero-order chi connectivity index (χ0) is 90.6. The maximum atomic E-state index is 14.8. The number of nitrogens with two attached hydrogens (primary N) is 4. The molecule has 0 saturated heterocycles. The number of amides is 17. The summed E-state index contributed by atoms with van der Waals surface area (Å²) >= 11 is 5.31. The number of hydrogen-bond donors (Lipinski definition) is 25. The number of carbonyl (C=O) groups is 19. The molecule has 0 bridgehead atoms. The lowest BCUT2D eigenvalue weighted by Gasteiger charge is -2.27. The van der Waals surface area contributed by atoms with Crippen molar-refractivity contribution in [3.63, 3.8) is 0 Å². The minimum absolute atomic E-state index is 0.0269. The van der Waals surface area contributed by atoms with Crippen molar-refractivity contribution in [2.75, 3.05) is 24.3 Å². The number of aliphatic carboxylic acids is 2. The fraction of sp³-hybridized carbons (Fsp3) is 0.447. The van der Waals surface area contributed by atoms with Crippen molar-refractivity contribution >= 4 is 148 Å². The second kappa shape index (κ2) is 49.3. The number of hydrogen-bond acceptors (Lipinski definition) is 25. The maximum Gasteiger partial charge on any atom is 0.326 e. The quantitative estimate of drug-likeness (QED) is 0.0161. The van der Waals surface area contributed by atoms with Gasteiger partial charge in [0.05, 0.1) is 37.9 Å². The van der Waals surface area contributed by atoms with Crippen LogP contribution in [0.4, 0.5) is 0 Å². The van der Waals surface area contributed by atoms with E-state index in [-0.39, 0.29) is 30.8 Å². The van der Waals surface area contributed by atoms with Crippen LogP contribution in [0, 0.1) is 0 Å². The molecule has 44 nitrogen and oxygen atoms in total. The number of carboxylic acids is 2. The van der Waals surface area contributed by atoms with E-state index in [1.54, 1.807) is 48.7 Å². The number of carbonyl (C=O) groups excluding carboxylic acids is 17. The number of nitrogens with one attached hydrogen (secondary N) is 16. The van der Waals surface area contributed by atoms with Gasteiger partial charge in [-0.15, -0.1) is 0 Å². The molecule has 0 spiro atoms. The van der Waals surface area contributed by atoms with E-state index in [4.69, 9.17) is 22.9 Å². The van der Waals surface area contributed by atoms with Crippen molar-refractivity contribution in [1.29, 1.82) is 0 Å². The van der Waals surface area contributed by atoms with Gasteiger partial charge in [-0.1, -0.05) is 60.7 Å². The molecule has 2 aromatic heterocycles. The van der Waals surface area contributed by atoms with Crippen LogP contribution < -0.4 is 97.4 Å². The van der Waals surface area contributed by atoms with Crippen LogP contribution in [0.3, 0.4) is 0 Å². The first-order valence-corrected chi connectivity index (χ1v) is 40.1. The van der Waals surface area contributed by atoms with Gasteiger partial charge in [0.25, 0.3) is 0 Å². The predicted octanol–water partition coefficient (Wildman–Crippen LogP) is -7.30. The Balaban J connectivity index is 1.30. The fourth-order valence-electron chi connectivity index (χ4n) is 11.8. The van der Waals surface area contributed by atoms with Crippen LogP contribution in [0.1, 0.15) is 95.0 Å². The lowest BCUT2D eigenvalue weighted by molar-refractivity contribution is -0.142. The van der Waals surface area contributed by atoms with Gasteiger partial charge in [0.2, 0.25) is 100 Å². The fourth-order valence-corrected chi connectivity index (χ4v) is 12.5. The largest absolute Gasteiger partial charge is 0.508 e. The van der Waals surface area contributed by atoms with Crippen molar-refractivity contribution in [3.05, 3.63) is 120 Å². The number of phenols is 1. The van der Waals surface area contributed by atoms with Gasteiger partial charge in [-0.05, 0) is 93.9 Å². The summed E-state index contributed by atoms with van der Waals surface area (Å²) in [4.78, 5) is 265. The van der Waals surface area contributed by atoms with Crippen molar-refractivity contribution in [3.8, 4) is 5.75 Å². The number of carboxylic acid groups (broad SMARTS) is 2. The average molecular weight is 1740 g/mol. The van der Waals surface area contributed by atoms with Crippen LogP contribution in [0.15, 0.2) is 97.6 Å². The Labute approximate surface area is 707 Å². The first-order chi connectivity index (χ1) is 57.7. The predicted molar refractivity (Wildman–Crippen MR) is 438 cm³/mol. The van der Waals surface area contributed by atoms with Crippen molar-refractivity contribution in [1.82, 2.24) is 89.4 Å². The molecule has 0 radical (unpaired) electrons. The molecule has 0 aliphatic carbocycles. The smallest absolute Gasteiger partial charge is 0.326 e. The second-order valence-corrected chi connectivity index (χ2v) is 29.7. The minimum atomic E-state index is -2.09. The highest BCUT2D eigenvalue weighted by atomic mass is 32.2. The molecule has 46 heteroatoms. The summed E-state index contributed by atoms with van der Waals surface area (Å²) in [5, 5.41) is 74.0. The topological polar surface area (TPSA) is 722 Å². The third-order valence-electron chi connectivity index (χ3n) is 18.5. The Morgan fingerprint density at radius 3 is 1.46 bits per heavy atom. The van der Waals surface area contributed by atoms with Gasteiger partial charge in [0, 0.05) is 73.3 Å². The molecule has 0 unspecified atom stereocenters. The molecular weight excluding hydrogens is 1640 g/mol. The van der Waals surface area contributed by atoms with Gasteiger partial charge in [0.15, 0.2) is 0 Å². The van der Waals surface area contributed by atoms with E-state index in [2.05, 4.69) is 102 Å². The monoisotopic (exact) mass is 1740 g/mol. The number of thiol groups is 1.